The first-order chi connectivity index (χ1) is 12.0. The number of aromatic nitrogens is 3. The first-order valence-electron chi connectivity index (χ1n) is 8.34. The number of amides is 3. The fourth-order valence-corrected chi connectivity index (χ4v) is 2.98. The van der Waals surface area contributed by atoms with E-state index < -0.39 is 0 Å². The van der Waals surface area contributed by atoms with Gasteiger partial charge in [-0.3, -0.25) is 9.48 Å². The Bertz CT molecular complexity index is 759. The van der Waals surface area contributed by atoms with Crippen LogP contribution in [0.4, 0.5) is 16.2 Å². The molecule has 1 atom stereocenters. The summed E-state index contributed by atoms with van der Waals surface area (Å²) in [5.74, 6) is 0.156. The van der Waals surface area contributed by atoms with Crippen LogP contribution in [0, 0.1) is 6.92 Å². The zero-order valence-corrected chi connectivity index (χ0v) is 14.4. The highest BCUT2D eigenvalue weighted by molar-refractivity contribution is 5.96. The molecule has 1 aliphatic rings. The molecule has 2 aromatic rings. The highest BCUT2D eigenvalue weighted by atomic mass is 16.2. The van der Waals surface area contributed by atoms with Crippen LogP contribution in [-0.4, -0.2) is 39.3 Å². The third kappa shape index (κ3) is 4.14. The zero-order valence-electron chi connectivity index (χ0n) is 14.4. The molecule has 8 nitrogen and oxygen atoms in total. The minimum atomic E-state index is -0.281. The molecule has 1 aromatic carbocycles. The Balaban J connectivity index is 1.58. The Morgan fingerprint density at radius 3 is 2.88 bits per heavy atom. The van der Waals surface area contributed by atoms with E-state index in [1.807, 2.05) is 32.0 Å². The molecule has 0 saturated carbocycles. The van der Waals surface area contributed by atoms with Crippen molar-refractivity contribution in [3.05, 3.63) is 36.4 Å². The van der Waals surface area contributed by atoms with Gasteiger partial charge in [-0.15, -0.1) is 0 Å². The predicted molar refractivity (Wildman–Crippen MR) is 94.4 cm³/mol. The average molecular weight is 342 g/mol. The van der Waals surface area contributed by atoms with Gasteiger partial charge in [0.2, 0.25) is 5.91 Å². The summed E-state index contributed by atoms with van der Waals surface area (Å²) < 4.78 is 1.66. The second-order valence-electron chi connectivity index (χ2n) is 6.27. The van der Waals surface area contributed by atoms with Crippen molar-refractivity contribution in [2.75, 3.05) is 16.8 Å². The lowest BCUT2D eigenvalue weighted by Crippen LogP contribution is -2.38. The second-order valence-corrected chi connectivity index (χ2v) is 6.27. The van der Waals surface area contributed by atoms with Crippen LogP contribution in [0.25, 0.3) is 0 Å². The van der Waals surface area contributed by atoms with Crippen molar-refractivity contribution < 1.29 is 9.59 Å². The molecule has 3 amide bonds. The summed E-state index contributed by atoms with van der Waals surface area (Å²) in [7, 11) is 0. The number of rotatable bonds is 5. The summed E-state index contributed by atoms with van der Waals surface area (Å²) in [6.07, 6.45) is 4.57. The van der Waals surface area contributed by atoms with Crippen molar-refractivity contribution in [1.29, 1.82) is 0 Å². The van der Waals surface area contributed by atoms with Crippen LogP contribution in [-0.2, 0) is 11.3 Å². The van der Waals surface area contributed by atoms with Crippen molar-refractivity contribution in [3.63, 3.8) is 0 Å². The average Bonchev–Trinajstić information content (AvgIpc) is 3.19. The summed E-state index contributed by atoms with van der Waals surface area (Å²) in [5, 5.41) is 9.70. The molecule has 2 N–H and O–H groups in total. The number of nitrogens with zero attached hydrogens (tertiary/aromatic N) is 4. The Morgan fingerprint density at radius 1 is 1.40 bits per heavy atom. The Kier molecular flexibility index (Phi) is 4.97. The summed E-state index contributed by atoms with van der Waals surface area (Å²) in [6.45, 7) is 5.14. The molecule has 0 radical (unpaired) electrons. The van der Waals surface area contributed by atoms with Gasteiger partial charge in [0.25, 0.3) is 0 Å². The van der Waals surface area contributed by atoms with Crippen molar-refractivity contribution >= 4 is 23.3 Å². The first-order valence-corrected chi connectivity index (χ1v) is 8.34. The lowest BCUT2D eigenvalue weighted by Gasteiger charge is -2.19. The number of nitrogens with one attached hydrogen (secondary N) is 2. The van der Waals surface area contributed by atoms with E-state index in [1.54, 1.807) is 15.9 Å². The lowest BCUT2D eigenvalue weighted by molar-refractivity contribution is -0.117. The molecule has 132 valence electrons. The number of hydrogen-bond donors (Lipinski definition) is 2. The van der Waals surface area contributed by atoms with Crippen molar-refractivity contribution in [2.24, 2.45) is 0 Å². The molecule has 1 aromatic heterocycles. The number of benzene rings is 1. The molecule has 1 fully saturated rings. The van der Waals surface area contributed by atoms with Gasteiger partial charge in [-0.1, -0.05) is 0 Å². The highest BCUT2D eigenvalue weighted by Crippen LogP contribution is 2.27. The molecule has 1 aliphatic heterocycles. The topological polar surface area (TPSA) is 92.2 Å². The largest absolute Gasteiger partial charge is 0.334 e. The smallest absolute Gasteiger partial charge is 0.319 e. The van der Waals surface area contributed by atoms with Gasteiger partial charge in [0, 0.05) is 30.4 Å². The van der Waals surface area contributed by atoms with Gasteiger partial charge in [0.1, 0.15) is 12.7 Å². The van der Waals surface area contributed by atoms with Gasteiger partial charge in [-0.05, 0) is 44.0 Å². The maximum absolute atomic E-state index is 12.1. The highest BCUT2D eigenvalue weighted by Gasteiger charge is 2.23. The summed E-state index contributed by atoms with van der Waals surface area (Å²) >= 11 is 0. The third-order valence-electron chi connectivity index (χ3n) is 4.12. The number of urea groups is 1. The van der Waals surface area contributed by atoms with Gasteiger partial charge in [0.05, 0.1) is 6.54 Å². The van der Waals surface area contributed by atoms with Crippen molar-refractivity contribution in [2.45, 2.75) is 39.3 Å². The van der Waals surface area contributed by atoms with Crippen molar-refractivity contribution in [3.8, 4) is 0 Å². The van der Waals surface area contributed by atoms with Gasteiger partial charge >= 0.3 is 6.03 Å². The number of anilines is 2. The summed E-state index contributed by atoms with van der Waals surface area (Å²) in [6, 6.07) is 5.20. The summed E-state index contributed by atoms with van der Waals surface area (Å²) in [4.78, 5) is 29.7. The molecule has 2 heterocycles. The lowest BCUT2D eigenvalue weighted by atomic mass is 10.1. The predicted octanol–water partition coefficient (Wildman–Crippen LogP) is 1.92. The number of carbonyl (C=O) groups excluding carboxylic acids is 2. The number of aryl methyl sites for hydroxylation is 1. The SMILES string of the molecule is Cc1cc(NC(=O)NC(C)Cn2cncn2)ccc1N1CCCC1=O. The quantitative estimate of drug-likeness (QED) is 0.868. The van der Waals surface area contributed by atoms with Crippen LogP contribution in [0.15, 0.2) is 30.9 Å². The van der Waals surface area contributed by atoms with Crippen LogP contribution in [0.5, 0.6) is 0 Å². The van der Waals surface area contributed by atoms with E-state index in [0.29, 0.717) is 18.7 Å². The van der Waals surface area contributed by atoms with E-state index in [4.69, 9.17) is 0 Å². The minimum Gasteiger partial charge on any atom is -0.334 e. The monoisotopic (exact) mass is 342 g/mol. The molecule has 3 rings (SSSR count). The third-order valence-corrected chi connectivity index (χ3v) is 4.12. The molecule has 25 heavy (non-hydrogen) atoms. The number of carbonyl (C=O) groups is 2. The zero-order chi connectivity index (χ0) is 17.8. The van der Waals surface area contributed by atoms with Gasteiger partial charge in [0.15, 0.2) is 0 Å². The molecular weight excluding hydrogens is 320 g/mol. The summed E-state index contributed by atoms with van der Waals surface area (Å²) in [5.41, 5.74) is 2.56. The maximum atomic E-state index is 12.1. The van der Waals surface area contributed by atoms with Crippen LogP contribution >= 0.6 is 0 Å². The maximum Gasteiger partial charge on any atom is 0.319 e. The van der Waals surface area contributed by atoms with E-state index in [2.05, 4.69) is 20.7 Å². The molecule has 0 bridgehead atoms. The molecular formula is C17H22N6O2. The van der Waals surface area contributed by atoms with E-state index in [-0.39, 0.29) is 18.0 Å². The molecule has 1 saturated heterocycles. The molecule has 0 aliphatic carbocycles. The fourth-order valence-electron chi connectivity index (χ4n) is 2.98. The fraction of sp³-hybridized carbons (Fsp3) is 0.412. The van der Waals surface area contributed by atoms with Crippen LogP contribution in [0.2, 0.25) is 0 Å². The van der Waals surface area contributed by atoms with Gasteiger partial charge < -0.3 is 15.5 Å². The minimum absolute atomic E-state index is 0.0932. The Hall–Kier alpha value is -2.90. The van der Waals surface area contributed by atoms with Crippen molar-refractivity contribution in [1.82, 2.24) is 20.1 Å². The standard InChI is InChI=1S/C17H22N6O2/c1-12-8-14(5-6-15(12)23-7-3-4-16(23)24)21-17(25)20-13(2)9-22-11-18-10-19-22/h5-6,8,10-11,13H,3-4,7,9H2,1-2H3,(H2,20,21,25). The molecule has 8 heteroatoms. The Labute approximate surface area is 146 Å². The van der Waals surface area contributed by atoms with Crippen LogP contribution < -0.4 is 15.5 Å². The van der Waals surface area contributed by atoms with Gasteiger partial charge in [-0.25, -0.2) is 9.78 Å². The van der Waals surface area contributed by atoms with Crippen LogP contribution in [0.1, 0.15) is 25.3 Å². The second kappa shape index (κ2) is 7.33. The van der Waals surface area contributed by atoms with E-state index in [1.165, 1.54) is 6.33 Å². The van der Waals surface area contributed by atoms with Crippen LogP contribution in [0.3, 0.4) is 0 Å². The van der Waals surface area contributed by atoms with Gasteiger partial charge in [-0.2, -0.15) is 5.10 Å². The molecule has 0 spiro atoms. The van der Waals surface area contributed by atoms with E-state index in [9.17, 15) is 9.59 Å². The number of hydrogen-bond acceptors (Lipinski definition) is 4. The van der Waals surface area contributed by atoms with E-state index >= 15 is 0 Å². The Morgan fingerprint density at radius 2 is 2.24 bits per heavy atom. The molecule has 1 unspecified atom stereocenters. The normalized spacial score (nSPS) is 15.3. The first kappa shape index (κ1) is 16.9. The van der Waals surface area contributed by atoms with E-state index in [0.717, 1.165) is 24.2 Å².